The van der Waals surface area contributed by atoms with Crippen LogP contribution in [-0.2, 0) is 18.3 Å². The molecule has 0 bridgehead atoms. The number of anilines is 1. The summed E-state index contributed by atoms with van der Waals surface area (Å²) in [5.41, 5.74) is 1.75. The van der Waals surface area contributed by atoms with Gasteiger partial charge in [0.05, 0.1) is 11.4 Å². The normalized spacial score (nSPS) is 10.2. The van der Waals surface area contributed by atoms with Crippen LogP contribution in [0.1, 0.15) is 19.0 Å². The van der Waals surface area contributed by atoms with E-state index in [-0.39, 0.29) is 5.91 Å². The van der Waals surface area contributed by atoms with E-state index in [1.54, 1.807) is 4.68 Å². The zero-order chi connectivity index (χ0) is 10.6. The minimum absolute atomic E-state index is 0.0181. The standard InChI is InChI=1S/C9H14BrN3O/c1-3-7-8(6-13(2)12-7)11-9(14)4-5-10/h6H,3-5H2,1-2H3,(H,11,14). The second-order valence-electron chi connectivity index (χ2n) is 3.00. The van der Waals surface area contributed by atoms with Gasteiger partial charge in [-0.2, -0.15) is 5.10 Å². The molecule has 0 aliphatic rings. The summed E-state index contributed by atoms with van der Waals surface area (Å²) in [4.78, 5) is 11.3. The Kier molecular flexibility index (Phi) is 4.13. The molecular weight excluding hydrogens is 246 g/mol. The van der Waals surface area contributed by atoms with Gasteiger partial charge in [0.25, 0.3) is 0 Å². The lowest BCUT2D eigenvalue weighted by Crippen LogP contribution is -2.12. The summed E-state index contributed by atoms with van der Waals surface area (Å²) in [6.07, 6.45) is 3.13. The number of nitrogens with one attached hydrogen (secondary N) is 1. The van der Waals surface area contributed by atoms with E-state index in [4.69, 9.17) is 0 Å². The van der Waals surface area contributed by atoms with E-state index in [2.05, 4.69) is 26.3 Å². The van der Waals surface area contributed by atoms with Gasteiger partial charge in [0, 0.05) is 25.0 Å². The summed E-state index contributed by atoms with van der Waals surface area (Å²) in [6, 6.07) is 0. The molecule has 1 rings (SSSR count). The van der Waals surface area contributed by atoms with E-state index < -0.39 is 0 Å². The van der Waals surface area contributed by atoms with Gasteiger partial charge in [0.15, 0.2) is 0 Å². The predicted molar refractivity (Wildman–Crippen MR) is 59.6 cm³/mol. The lowest BCUT2D eigenvalue weighted by atomic mass is 10.3. The maximum absolute atomic E-state index is 11.3. The third-order valence-corrected chi connectivity index (χ3v) is 2.23. The van der Waals surface area contributed by atoms with Crippen LogP contribution in [0.15, 0.2) is 6.20 Å². The Labute approximate surface area is 91.8 Å². The van der Waals surface area contributed by atoms with Crippen LogP contribution in [0.3, 0.4) is 0 Å². The molecule has 78 valence electrons. The highest BCUT2D eigenvalue weighted by Gasteiger charge is 2.08. The highest BCUT2D eigenvalue weighted by Crippen LogP contribution is 2.13. The third kappa shape index (κ3) is 2.83. The lowest BCUT2D eigenvalue weighted by molar-refractivity contribution is -0.115. The molecule has 0 aliphatic heterocycles. The zero-order valence-electron chi connectivity index (χ0n) is 8.38. The van der Waals surface area contributed by atoms with Crippen LogP contribution in [0.4, 0.5) is 5.69 Å². The molecule has 14 heavy (non-hydrogen) atoms. The highest BCUT2D eigenvalue weighted by molar-refractivity contribution is 9.09. The van der Waals surface area contributed by atoms with E-state index >= 15 is 0 Å². The van der Waals surface area contributed by atoms with Crippen LogP contribution in [0.5, 0.6) is 0 Å². The SMILES string of the molecule is CCc1nn(C)cc1NC(=O)CCBr. The number of rotatable bonds is 4. The molecule has 0 spiro atoms. The Morgan fingerprint density at radius 2 is 2.43 bits per heavy atom. The average molecular weight is 260 g/mol. The monoisotopic (exact) mass is 259 g/mol. The fraction of sp³-hybridized carbons (Fsp3) is 0.556. The topological polar surface area (TPSA) is 46.9 Å². The predicted octanol–water partition coefficient (Wildman–Crippen LogP) is 1.71. The highest BCUT2D eigenvalue weighted by atomic mass is 79.9. The average Bonchev–Trinajstić information content (AvgIpc) is 2.46. The van der Waals surface area contributed by atoms with Gasteiger partial charge in [-0.25, -0.2) is 0 Å². The molecule has 1 N–H and O–H groups in total. The second-order valence-corrected chi connectivity index (χ2v) is 3.80. The minimum atomic E-state index is 0.0181. The minimum Gasteiger partial charge on any atom is -0.323 e. The van der Waals surface area contributed by atoms with Gasteiger partial charge in [-0.05, 0) is 6.42 Å². The Balaban J connectivity index is 2.70. The number of carbonyl (C=O) groups excluding carboxylic acids is 1. The van der Waals surface area contributed by atoms with Crippen molar-refractivity contribution in [3.63, 3.8) is 0 Å². The van der Waals surface area contributed by atoms with E-state index in [1.807, 2.05) is 20.2 Å². The van der Waals surface area contributed by atoms with Gasteiger partial charge < -0.3 is 5.32 Å². The quantitative estimate of drug-likeness (QED) is 0.837. The van der Waals surface area contributed by atoms with Crippen LogP contribution in [0.2, 0.25) is 0 Å². The number of aryl methyl sites for hydroxylation is 2. The summed E-state index contributed by atoms with van der Waals surface area (Å²) in [6.45, 7) is 2.02. The molecule has 1 aromatic rings. The third-order valence-electron chi connectivity index (χ3n) is 1.84. The first-order valence-corrected chi connectivity index (χ1v) is 5.67. The molecule has 0 saturated carbocycles. The van der Waals surface area contributed by atoms with Gasteiger partial charge in [-0.15, -0.1) is 0 Å². The van der Waals surface area contributed by atoms with Crippen molar-refractivity contribution < 1.29 is 4.79 Å². The Morgan fingerprint density at radius 3 is 3.00 bits per heavy atom. The van der Waals surface area contributed by atoms with Crippen LogP contribution in [0, 0.1) is 0 Å². The number of halogens is 1. The molecule has 1 aromatic heterocycles. The molecule has 0 saturated heterocycles. The summed E-state index contributed by atoms with van der Waals surface area (Å²) >= 11 is 3.22. The Bertz CT molecular complexity index is 322. The Morgan fingerprint density at radius 1 is 1.71 bits per heavy atom. The number of aromatic nitrogens is 2. The van der Waals surface area contributed by atoms with Crippen molar-refractivity contribution >= 4 is 27.5 Å². The molecule has 1 amide bonds. The van der Waals surface area contributed by atoms with Crippen molar-refractivity contribution in [3.8, 4) is 0 Å². The number of nitrogens with zero attached hydrogens (tertiary/aromatic N) is 2. The lowest BCUT2D eigenvalue weighted by Gasteiger charge is -2.01. The fourth-order valence-electron chi connectivity index (χ4n) is 1.20. The van der Waals surface area contributed by atoms with E-state index in [1.165, 1.54) is 0 Å². The van der Waals surface area contributed by atoms with Crippen molar-refractivity contribution in [2.24, 2.45) is 7.05 Å². The number of amides is 1. The largest absolute Gasteiger partial charge is 0.323 e. The van der Waals surface area contributed by atoms with Crippen LogP contribution in [-0.4, -0.2) is 21.0 Å². The van der Waals surface area contributed by atoms with E-state index in [9.17, 15) is 4.79 Å². The molecule has 0 radical (unpaired) electrons. The van der Waals surface area contributed by atoms with Gasteiger partial charge in [-0.1, -0.05) is 22.9 Å². The van der Waals surface area contributed by atoms with Crippen LogP contribution >= 0.6 is 15.9 Å². The summed E-state index contributed by atoms with van der Waals surface area (Å²) in [5.74, 6) is 0.0181. The number of carbonyl (C=O) groups is 1. The second kappa shape index (κ2) is 5.14. The van der Waals surface area contributed by atoms with Crippen molar-refractivity contribution in [1.82, 2.24) is 9.78 Å². The molecule has 1 heterocycles. The molecule has 0 aromatic carbocycles. The molecular formula is C9H14BrN3O. The molecule has 0 fully saturated rings. The van der Waals surface area contributed by atoms with Gasteiger partial charge in [-0.3, -0.25) is 9.48 Å². The van der Waals surface area contributed by atoms with Gasteiger partial charge in [0.2, 0.25) is 5.91 Å². The number of hydrogen-bond acceptors (Lipinski definition) is 2. The zero-order valence-corrected chi connectivity index (χ0v) is 9.97. The number of hydrogen-bond donors (Lipinski definition) is 1. The molecule has 0 atom stereocenters. The number of alkyl halides is 1. The Hall–Kier alpha value is -0.840. The summed E-state index contributed by atoms with van der Waals surface area (Å²) in [7, 11) is 1.85. The van der Waals surface area contributed by atoms with E-state index in [0.29, 0.717) is 11.8 Å². The van der Waals surface area contributed by atoms with Crippen molar-refractivity contribution in [1.29, 1.82) is 0 Å². The molecule has 5 heteroatoms. The van der Waals surface area contributed by atoms with Crippen LogP contribution in [0.25, 0.3) is 0 Å². The van der Waals surface area contributed by atoms with Gasteiger partial charge >= 0.3 is 0 Å². The summed E-state index contributed by atoms with van der Waals surface area (Å²) in [5, 5.41) is 7.74. The summed E-state index contributed by atoms with van der Waals surface area (Å²) < 4.78 is 1.71. The van der Waals surface area contributed by atoms with Crippen molar-refractivity contribution in [2.75, 3.05) is 10.6 Å². The van der Waals surface area contributed by atoms with Crippen LogP contribution < -0.4 is 5.32 Å². The van der Waals surface area contributed by atoms with Crippen molar-refractivity contribution in [3.05, 3.63) is 11.9 Å². The molecule has 0 aliphatic carbocycles. The molecule has 4 nitrogen and oxygen atoms in total. The maximum atomic E-state index is 11.3. The fourth-order valence-corrected chi connectivity index (χ4v) is 1.56. The molecule has 0 unspecified atom stereocenters. The smallest absolute Gasteiger partial charge is 0.225 e. The van der Waals surface area contributed by atoms with Crippen molar-refractivity contribution in [2.45, 2.75) is 19.8 Å². The first-order valence-electron chi connectivity index (χ1n) is 4.55. The first-order chi connectivity index (χ1) is 6.67. The maximum Gasteiger partial charge on any atom is 0.225 e. The van der Waals surface area contributed by atoms with Gasteiger partial charge in [0.1, 0.15) is 0 Å². The van der Waals surface area contributed by atoms with E-state index in [0.717, 1.165) is 17.8 Å². The first kappa shape index (κ1) is 11.2.